The molecule has 0 bridgehead atoms. The lowest BCUT2D eigenvalue weighted by Crippen LogP contribution is -1.92. The molecule has 2 N–H and O–H groups in total. The Hall–Kier alpha value is -3.41. The van der Waals surface area contributed by atoms with Crippen LogP contribution in [0, 0.1) is 11.6 Å². The van der Waals surface area contributed by atoms with E-state index in [0.29, 0.717) is 5.52 Å². The summed E-state index contributed by atoms with van der Waals surface area (Å²) in [5, 5.41) is 20.1. The third-order valence-corrected chi connectivity index (χ3v) is 4.01. The number of benzene rings is 2. The lowest BCUT2D eigenvalue weighted by Gasteiger charge is -2.04. The highest BCUT2D eigenvalue weighted by molar-refractivity contribution is 5.85. The number of fused-ring (bicyclic) bond motifs is 1. The number of aromatic hydroxyl groups is 2. The van der Waals surface area contributed by atoms with Crippen molar-refractivity contribution >= 4 is 5.52 Å². The molecule has 0 aliphatic rings. The van der Waals surface area contributed by atoms with Crippen LogP contribution in [0.5, 0.6) is 11.5 Å². The molecule has 0 aliphatic carbocycles. The van der Waals surface area contributed by atoms with Gasteiger partial charge in [0, 0.05) is 11.8 Å². The number of aromatic nitrogens is 2. The molecule has 0 saturated heterocycles. The monoisotopic (exact) mass is 338 g/mol. The molecule has 4 rings (SSSR count). The molecule has 0 aliphatic heterocycles. The number of pyridine rings is 1. The zero-order chi connectivity index (χ0) is 17.6. The minimum Gasteiger partial charge on any atom is -0.507 e. The second kappa shape index (κ2) is 5.59. The maximum Gasteiger partial charge on any atom is 0.165 e. The Labute approximate surface area is 141 Å². The normalized spacial score (nSPS) is 11.1. The Bertz CT molecular complexity index is 1090. The number of phenols is 2. The molecule has 2 aromatic heterocycles. The summed E-state index contributed by atoms with van der Waals surface area (Å²) >= 11 is 0. The summed E-state index contributed by atoms with van der Waals surface area (Å²) in [5.74, 6) is -2.04. The van der Waals surface area contributed by atoms with Gasteiger partial charge in [0.2, 0.25) is 0 Å². The first-order valence-electron chi connectivity index (χ1n) is 7.50. The summed E-state index contributed by atoms with van der Waals surface area (Å²) in [7, 11) is 0. The number of phenolic OH excluding ortho intramolecular Hbond substituents is 2. The van der Waals surface area contributed by atoms with Crippen LogP contribution < -0.4 is 0 Å². The third kappa shape index (κ3) is 2.30. The topological polar surface area (TPSA) is 57.8 Å². The molecule has 0 radical (unpaired) electrons. The Morgan fingerprint density at radius 1 is 0.840 bits per heavy atom. The van der Waals surface area contributed by atoms with E-state index in [1.165, 1.54) is 30.3 Å². The van der Waals surface area contributed by atoms with E-state index in [1.54, 1.807) is 28.8 Å². The average molecular weight is 338 g/mol. The fourth-order valence-electron chi connectivity index (χ4n) is 2.85. The molecule has 25 heavy (non-hydrogen) atoms. The highest BCUT2D eigenvalue weighted by atomic mass is 19.1. The highest BCUT2D eigenvalue weighted by Crippen LogP contribution is 2.38. The first kappa shape index (κ1) is 15.1. The highest BCUT2D eigenvalue weighted by Gasteiger charge is 2.21. The smallest absolute Gasteiger partial charge is 0.165 e. The Balaban J connectivity index is 2.08. The SMILES string of the molecule is Oc1cccc(F)c1-c1nc(-c2cccc(F)c2O)c2ccccn12. The molecular weight excluding hydrogens is 326 g/mol. The molecule has 0 saturated carbocycles. The minimum atomic E-state index is -0.773. The fourth-order valence-corrected chi connectivity index (χ4v) is 2.85. The van der Waals surface area contributed by atoms with Crippen molar-refractivity contribution in [2.75, 3.05) is 0 Å². The van der Waals surface area contributed by atoms with E-state index in [4.69, 9.17) is 0 Å². The van der Waals surface area contributed by atoms with Gasteiger partial charge in [0.15, 0.2) is 17.4 Å². The summed E-state index contributed by atoms with van der Waals surface area (Å²) in [6.45, 7) is 0. The third-order valence-electron chi connectivity index (χ3n) is 4.01. The van der Waals surface area contributed by atoms with Crippen LogP contribution in [0.15, 0.2) is 60.8 Å². The zero-order valence-corrected chi connectivity index (χ0v) is 12.8. The van der Waals surface area contributed by atoms with Crippen LogP contribution in [0.3, 0.4) is 0 Å². The summed E-state index contributed by atoms with van der Waals surface area (Å²) in [4.78, 5) is 4.39. The second-order valence-electron chi connectivity index (χ2n) is 5.51. The van der Waals surface area contributed by atoms with E-state index in [9.17, 15) is 19.0 Å². The molecule has 0 fully saturated rings. The van der Waals surface area contributed by atoms with Crippen molar-refractivity contribution in [3.63, 3.8) is 0 Å². The molecule has 2 heterocycles. The minimum absolute atomic E-state index is 0.0640. The van der Waals surface area contributed by atoms with Gasteiger partial charge in [-0.2, -0.15) is 0 Å². The first-order chi connectivity index (χ1) is 12.1. The van der Waals surface area contributed by atoms with Gasteiger partial charge in [-0.1, -0.05) is 18.2 Å². The van der Waals surface area contributed by atoms with Crippen molar-refractivity contribution in [1.82, 2.24) is 9.38 Å². The van der Waals surface area contributed by atoms with Gasteiger partial charge in [-0.05, 0) is 36.4 Å². The van der Waals surface area contributed by atoms with Gasteiger partial charge in [0.1, 0.15) is 17.3 Å². The molecule has 6 heteroatoms. The van der Waals surface area contributed by atoms with Crippen LogP contribution in [0.2, 0.25) is 0 Å². The van der Waals surface area contributed by atoms with Crippen LogP contribution in [-0.4, -0.2) is 19.6 Å². The van der Waals surface area contributed by atoms with Crippen molar-refractivity contribution in [2.24, 2.45) is 0 Å². The van der Waals surface area contributed by atoms with E-state index >= 15 is 0 Å². The zero-order valence-electron chi connectivity index (χ0n) is 12.8. The van der Waals surface area contributed by atoms with E-state index < -0.39 is 17.4 Å². The lowest BCUT2D eigenvalue weighted by atomic mass is 10.1. The van der Waals surface area contributed by atoms with E-state index in [1.807, 2.05) is 0 Å². The van der Waals surface area contributed by atoms with Gasteiger partial charge in [-0.3, -0.25) is 4.40 Å². The molecule has 0 amide bonds. The molecule has 4 aromatic rings. The Kier molecular flexibility index (Phi) is 3.39. The number of hydrogen-bond donors (Lipinski definition) is 2. The van der Waals surface area contributed by atoms with Crippen molar-refractivity contribution < 1.29 is 19.0 Å². The van der Waals surface area contributed by atoms with Crippen LogP contribution in [0.4, 0.5) is 8.78 Å². The van der Waals surface area contributed by atoms with Gasteiger partial charge in [-0.15, -0.1) is 0 Å². The van der Waals surface area contributed by atoms with E-state index in [-0.39, 0.29) is 28.4 Å². The van der Waals surface area contributed by atoms with Crippen LogP contribution >= 0.6 is 0 Å². The standard InChI is InChI=1S/C19H12F2N2O2/c20-12-6-4-9-15(24)16(12)19-22-17(14-8-1-2-10-23(14)19)11-5-3-7-13(21)18(11)25/h1-10,24-25H. The molecule has 2 aromatic carbocycles. The van der Waals surface area contributed by atoms with Crippen LogP contribution in [-0.2, 0) is 0 Å². The summed E-state index contributed by atoms with van der Waals surface area (Å²) in [6.07, 6.45) is 1.66. The molecule has 0 unspecified atom stereocenters. The lowest BCUT2D eigenvalue weighted by molar-refractivity contribution is 0.434. The maximum absolute atomic E-state index is 14.3. The number of para-hydroxylation sites is 1. The van der Waals surface area contributed by atoms with Crippen molar-refractivity contribution in [2.45, 2.75) is 0 Å². The number of halogens is 2. The number of imidazole rings is 1. The van der Waals surface area contributed by atoms with Crippen LogP contribution in [0.25, 0.3) is 28.2 Å². The van der Waals surface area contributed by atoms with Crippen LogP contribution in [0.1, 0.15) is 0 Å². The van der Waals surface area contributed by atoms with E-state index in [0.717, 1.165) is 6.07 Å². The largest absolute Gasteiger partial charge is 0.507 e. The van der Waals surface area contributed by atoms with E-state index in [2.05, 4.69) is 4.98 Å². The van der Waals surface area contributed by atoms with Gasteiger partial charge in [-0.25, -0.2) is 13.8 Å². The van der Waals surface area contributed by atoms with Crippen molar-refractivity contribution in [3.8, 4) is 34.1 Å². The quantitative estimate of drug-likeness (QED) is 0.571. The van der Waals surface area contributed by atoms with Gasteiger partial charge >= 0.3 is 0 Å². The summed E-state index contributed by atoms with van der Waals surface area (Å²) in [5.41, 5.74) is 0.952. The van der Waals surface area contributed by atoms with Gasteiger partial charge < -0.3 is 10.2 Å². The Morgan fingerprint density at radius 2 is 1.60 bits per heavy atom. The van der Waals surface area contributed by atoms with Gasteiger partial charge in [0.05, 0.1) is 11.1 Å². The number of rotatable bonds is 2. The molecule has 124 valence electrons. The molecule has 4 nitrogen and oxygen atoms in total. The second-order valence-corrected chi connectivity index (χ2v) is 5.51. The summed E-state index contributed by atoms with van der Waals surface area (Å²) < 4.78 is 29.6. The molecular formula is C19H12F2N2O2. The average Bonchev–Trinajstić information content (AvgIpc) is 2.97. The predicted molar refractivity (Wildman–Crippen MR) is 89.3 cm³/mol. The fraction of sp³-hybridized carbons (Fsp3) is 0. The molecule has 0 spiro atoms. The van der Waals surface area contributed by atoms with Crippen molar-refractivity contribution in [1.29, 1.82) is 0 Å². The number of nitrogens with zero attached hydrogens (tertiary/aromatic N) is 2. The summed E-state index contributed by atoms with van der Waals surface area (Å²) in [6, 6.07) is 13.3. The Morgan fingerprint density at radius 3 is 2.40 bits per heavy atom. The van der Waals surface area contributed by atoms with Gasteiger partial charge in [0.25, 0.3) is 0 Å². The predicted octanol–water partition coefficient (Wildman–Crippen LogP) is 4.36. The van der Waals surface area contributed by atoms with Crippen molar-refractivity contribution in [3.05, 3.63) is 72.4 Å². The first-order valence-corrected chi connectivity index (χ1v) is 7.50. The maximum atomic E-state index is 14.3. The molecule has 0 atom stereocenters. The number of hydrogen-bond acceptors (Lipinski definition) is 3.